The quantitative estimate of drug-likeness (QED) is 0.859. The van der Waals surface area contributed by atoms with E-state index in [-0.39, 0.29) is 18.9 Å². The summed E-state index contributed by atoms with van der Waals surface area (Å²) in [5.74, 6) is -1.36. The van der Waals surface area contributed by atoms with Gasteiger partial charge in [-0.05, 0) is 31.4 Å². The topological polar surface area (TPSA) is 82.8 Å². The molecule has 1 aromatic rings. The number of amides is 1. The molecule has 3 rings (SSSR count). The Hall–Kier alpha value is -1.82. The molecule has 6 heteroatoms. The molecule has 2 fully saturated rings. The summed E-state index contributed by atoms with van der Waals surface area (Å²) in [4.78, 5) is 25.0. The zero-order valence-corrected chi connectivity index (χ0v) is 11.1. The fraction of sp³-hybridized carbons (Fsp3) is 0.571. The van der Waals surface area contributed by atoms with Crippen LogP contribution in [-0.2, 0) is 4.79 Å². The number of aliphatic hydroxyl groups excluding tert-OH is 1. The van der Waals surface area contributed by atoms with E-state index in [9.17, 15) is 19.8 Å². The Balaban J connectivity index is 1.85. The highest BCUT2D eigenvalue weighted by molar-refractivity contribution is 5.96. The molecule has 1 amide bonds. The number of likely N-dealkylation sites (tertiary alicyclic amines) is 1. The van der Waals surface area contributed by atoms with E-state index in [1.807, 2.05) is 16.8 Å². The summed E-state index contributed by atoms with van der Waals surface area (Å²) in [5, 5.41) is 18.8. The first-order chi connectivity index (χ1) is 9.58. The number of aliphatic hydroxyl groups is 1. The summed E-state index contributed by atoms with van der Waals surface area (Å²) in [6.45, 7) is 0.0889. The second kappa shape index (κ2) is 4.94. The molecule has 2 N–H and O–H groups in total. The van der Waals surface area contributed by atoms with Crippen LogP contribution in [0.5, 0.6) is 0 Å². The van der Waals surface area contributed by atoms with Crippen LogP contribution < -0.4 is 0 Å². The fourth-order valence-electron chi connectivity index (χ4n) is 2.98. The second-order valence-electron chi connectivity index (χ2n) is 5.59. The first-order valence-corrected chi connectivity index (χ1v) is 6.96. The molecular formula is C14H18N2O4. The molecule has 1 aromatic heterocycles. The number of carboxylic acid groups (broad SMARTS) is 1. The number of β-amino-alcohol motifs (C(OH)–C–C–N with tert-alkyl or cyclic N) is 1. The molecule has 0 aromatic carbocycles. The summed E-state index contributed by atoms with van der Waals surface area (Å²) in [6.07, 6.45) is 4.49. The molecule has 6 nitrogen and oxygen atoms in total. The van der Waals surface area contributed by atoms with Crippen molar-refractivity contribution in [3.05, 3.63) is 24.0 Å². The van der Waals surface area contributed by atoms with E-state index in [0.29, 0.717) is 11.7 Å². The Morgan fingerprint density at radius 2 is 2.05 bits per heavy atom. The maximum Gasteiger partial charge on any atom is 0.326 e. The van der Waals surface area contributed by atoms with E-state index in [2.05, 4.69) is 0 Å². The first kappa shape index (κ1) is 13.2. The van der Waals surface area contributed by atoms with E-state index >= 15 is 0 Å². The minimum atomic E-state index is -1.06. The number of carbonyl (C=O) groups excluding carboxylic acids is 1. The molecule has 2 atom stereocenters. The highest BCUT2D eigenvalue weighted by Crippen LogP contribution is 2.33. The number of nitrogens with zero attached hydrogens (tertiary/aromatic N) is 2. The summed E-state index contributed by atoms with van der Waals surface area (Å²) in [6, 6.07) is 2.96. The molecule has 1 aliphatic carbocycles. The third kappa shape index (κ3) is 2.10. The Morgan fingerprint density at radius 1 is 1.30 bits per heavy atom. The van der Waals surface area contributed by atoms with Crippen molar-refractivity contribution >= 4 is 11.9 Å². The summed E-state index contributed by atoms with van der Waals surface area (Å²) < 4.78 is 1.94. The van der Waals surface area contributed by atoms with Crippen LogP contribution in [0.1, 0.15) is 42.2 Å². The maximum atomic E-state index is 12.6. The molecule has 1 aliphatic heterocycles. The standard InChI is InChI=1S/C14H18N2O4/c17-10-7-12(14(19)20)16(8-10)13(18)11-5-2-6-15(11)9-3-1-4-9/h2,5-6,9-10,12,17H,1,3-4,7-8H2,(H,19,20). The van der Waals surface area contributed by atoms with Gasteiger partial charge in [-0.1, -0.05) is 0 Å². The van der Waals surface area contributed by atoms with Crippen molar-refractivity contribution < 1.29 is 19.8 Å². The largest absolute Gasteiger partial charge is 0.480 e. The summed E-state index contributed by atoms with van der Waals surface area (Å²) in [7, 11) is 0. The van der Waals surface area contributed by atoms with Gasteiger partial charge >= 0.3 is 5.97 Å². The third-order valence-corrected chi connectivity index (χ3v) is 4.29. The minimum Gasteiger partial charge on any atom is -0.480 e. The third-order valence-electron chi connectivity index (χ3n) is 4.29. The molecule has 1 saturated carbocycles. The zero-order valence-electron chi connectivity index (χ0n) is 11.1. The van der Waals surface area contributed by atoms with E-state index in [1.54, 1.807) is 6.07 Å². The van der Waals surface area contributed by atoms with Crippen LogP contribution >= 0.6 is 0 Å². The van der Waals surface area contributed by atoms with Gasteiger partial charge in [-0.25, -0.2) is 4.79 Å². The average molecular weight is 278 g/mol. The van der Waals surface area contributed by atoms with Crippen LogP contribution in [0.2, 0.25) is 0 Å². The number of aliphatic carboxylic acids is 1. The van der Waals surface area contributed by atoms with Crippen LogP contribution in [0.3, 0.4) is 0 Å². The zero-order chi connectivity index (χ0) is 14.3. The van der Waals surface area contributed by atoms with E-state index < -0.39 is 18.1 Å². The number of hydrogen-bond acceptors (Lipinski definition) is 3. The van der Waals surface area contributed by atoms with Gasteiger partial charge in [-0.3, -0.25) is 4.79 Å². The predicted octanol–water partition coefficient (Wildman–Crippen LogP) is 0.873. The molecule has 2 heterocycles. The van der Waals surface area contributed by atoms with Crippen LogP contribution in [0.4, 0.5) is 0 Å². The lowest BCUT2D eigenvalue weighted by atomic mass is 9.93. The van der Waals surface area contributed by atoms with Crippen molar-refractivity contribution in [2.45, 2.75) is 43.9 Å². The molecule has 108 valence electrons. The smallest absolute Gasteiger partial charge is 0.326 e. The Bertz CT molecular complexity index is 535. The van der Waals surface area contributed by atoms with Crippen LogP contribution in [0.15, 0.2) is 18.3 Å². The summed E-state index contributed by atoms with van der Waals surface area (Å²) >= 11 is 0. The number of hydrogen-bond donors (Lipinski definition) is 2. The molecule has 1 saturated heterocycles. The highest BCUT2D eigenvalue weighted by atomic mass is 16.4. The molecule has 0 radical (unpaired) electrons. The molecule has 0 spiro atoms. The Kier molecular flexibility index (Phi) is 3.25. The molecular weight excluding hydrogens is 260 g/mol. The van der Waals surface area contributed by atoms with Gasteiger partial charge in [0.2, 0.25) is 0 Å². The lowest BCUT2D eigenvalue weighted by molar-refractivity contribution is -0.141. The molecule has 2 aliphatic rings. The van der Waals surface area contributed by atoms with Crippen molar-refractivity contribution in [2.75, 3.05) is 6.54 Å². The van der Waals surface area contributed by atoms with Crippen molar-refractivity contribution in [3.63, 3.8) is 0 Å². The molecule has 2 unspecified atom stereocenters. The number of aromatic nitrogens is 1. The van der Waals surface area contributed by atoms with Gasteiger partial charge in [0.15, 0.2) is 0 Å². The summed E-state index contributed by atoms with van der Waals surface area (Å²) in [5.41, 5.74) is 0.523. The average Bonchev–Trinajstić information content (AvgIpc) is 2.93. The lowest BCUT2D eigenvalue weighted by Crippen LogP contribution is -2.41. The van der Waals surface area contributed by atoms with Crippen molar-refractivity contribution in [2.24, 2.45) is 0 Å². The van der Waals surface area contributed by atoms with Crippen LogP contribution in [0.25, 0.3) is 0 Å². The number of carbonyl (C=O) groups is 2. The van der Waals surface area contributed by atoms with Crippen molar-refractivity contribution in [3.8, 4) is 0 Å². The number of rotatable bonds is 3. The van der Waals surface area contributed by atoms with Crippen molar-refractivity contribution in [1.82, 2.24) is 9.47 Å². The van der Waals surface area contributed by atoms with E-state index in [1.165, 1.54) is 4.90 Å². The molecule has 0 bridgehead atoms. The minimum absolute atomic E-state index is 0.0889. The lowest BCUT2D eigenvalue weighted by Gasteiger charge is -2.30. The van der Waals surface area contributed by atoms with Crippen LogP contribution in [-0.4, -0.2) is 50.2 Å². The van der Waals surface area contributed by atoms with Crippen LogP contribution in [0, 0.1) is 0 Å². The van der Waals surface area contributed by atoms with Gasteiger partial charge in [0.05, 0.1) is 6.10 Å². The molecule has 20 heavy (non-hydrogen) atoms. The van der Waals surface area contributed by atoms with Gasteiger partial charge in [0.1, 0.15) is 11.7 Å². The monoisotopic (exact) mass is 278 g/mol. The predicted molar refractivity (Wildman–Crippen MR) is 70.4 cm³/mol. The van der Waals surface area contributed by atoms with E-state index in [4.69, 9.17) is 0 Å². The van der Waals surface area contributed by atoms with Crippen molar-refractivity contribution in [1.29, 1.82) is 0 Å². The van der Waals surface area contributed by atoms with E-state index in [0.717, 1.165) is 19.3 Å². The highest BCUT2D eigenvalue weighted by Gasteiger charge is 2.40. The van der Waals surface area contributed by atoms with Gasteiger partial charge in [0.25, 0.3) is 5.91 Å². The van der Waals surface area contributed by atoms with Gasteiger partial charge in [0, 0.05) is 25.2 Å². The number of carboxylic acids is 1. The SMILES string of the molecule is O=C(O)C1CC(O)CN1C(=O)c1cccn1C1CCC1. The van der Waals surface area contributed by atoms with Gasteiger partial charge in [-0.15, -0.1) is 0 Å². The Morgan fingerprint density at radius 3 is 2.65 bits per heavy atom. The Labute approximate surface area is 116 Å². The normalized spacial score (nSPS) is 26.6. The fourth-order valence-corrected chi connectivity index (χ4v) is 2.98. The van der Waals surface area contributed by atoms with Gasteiger partial charge < -0.3 is 19.7 Å². The maximum absolute atomic E-state index is 12.6. The van der Waals surface area contributed by atoms with Gasteiger partial charge in [-0.2, -0.15) is 0 Å². The first-order valence-electron chi connectivity index (χ1n) is 6.96. The second-order valence-corrected chi connectivity index (χ2v) is 5.59.